The number of benzene rings is 1. The van der Waals surface area contributed by atoms with Crippen LogP contribution in [0.2, 0.25) is 10.0 Å². The van der Waals surface area contributed by atoms with Crippen molar-refractivity contribution in [2.24, 2.45) is 0 Å². The van der Waals surface area contributed by atoms with E-state index in [2.05, 4.69) is 20.6 Å². The number of nitrogens with one attached hydrogen (secondary N) is 2. The van der Waals surface area contributed by atoms with Gasteiger partial charge in [-0.2, -0.15) is 0 Å². The molecule has 1 saturated carbocycles. The molecule has 1 aromatic carbocycles. The van der Waals surface area contributed by atoms with Gasteiger partial charge in [-0.1, -0.05) is 23.2 Å². The second-order valence-electron chi connectivity index (χ2n) is 4.77. The van der Waals surface area contributed by atoms with Crippen molar-refractivity contribution in [3.05, 3.63) is 40.1 Å². The highest BCUT2D eigenvalue weighted by molar-refractivity contribution is 6.36. The van der Waals surface area contributed by atoms with Crippen molar-refractivity contribution in [3.63, 3.8) is 0 Å². The Labute approximate surface area is 127 Å². The standard InChI is InChI=1S/C14H14Cl2N4/c1-17-12-7-13(20-14(19-12)8-2-3-8)18-11-5-4-9(15)6-10(11)16/h4-8H,2-3H2,1H3,(H2,17,18,19,20). The molecular weight excluding hydrogens is 295 g/mol. The Morgan fingerprint density at radius 3 is 2.50 bits per heavy atom. The van der Waals surface area contributed by atoms with Crippen LogP contribution >= 0.6 is 23.2 Å². The zero-order valence-corrected chi connectivity index (χ0v) is 12.5. The lowest BCUT2D eigenvalue weighted by Gasteiger charge is -2.11. The quantitative estimate of drug-likeness (QED) is 0.876. The van der Waals surface area contributed by atoms with Gasteiger partial charge in [0, 0.05) is 24.1 Å². The maximum absolute atomic E-state index is 6.16. The van der Waals surface area contributed by atoms with Gasteiger partial charge in [-0.25, -0.2) is 9.97 Å². The first-order valence-electron chi connectivity index (χ1n) is 6.44. The van der Waals surface area contributed by atoms with Gasteiger partial charge in [-0.15, -0.1) is 0 Å². The van der Waals surface area contributed by atoms with Gasteiger partial charge < -0.3 is 10.6 Å². The van der Waals surface area contributed by atoms with Gasteiger partial charge >= 0.3 is 0 Å². The van der Waals surface area contributed by atoms with Crippen LogP contribution in [0.5, 0.6) is 0 Å². The van der Waals surface area contributed by atoms with Gasteiger partial charge in [-0.05, 0) is 31.0 Å². The fraction of sp³-hybridized carbons (Fsp3) is 0.286. The van der Waals surface area contributed by atoms with E-state index in [1.54, 1.807) is 12.1 Å². The molecule has 1 aliphatic carbocycles. The average molecular weight is 309 g/mol. The number of hydrogen-bond donors (Lipinski definition) is 2. The molecule has 6 heteroatoms. The van der Waals surface area contributed by atoms with E-state index in [1.807, 2.05) is 19.2 Å². The summed E-state index contributed by atoms with van der Waals surface area (Å²) in [6.45, 7) is 0. The van der Waals surface area contributed by atoms with Crippen molar-refractivity contribution in [3.8, 4) is 0 Å². The van der Waals surface area contributed by atoms with E-state index in [9.17, 15) is 0 Å². The fourth-order valence-corrected chi connectivity index (χ4v) is 2.37. The highest BCUT2D eigenvalue weighted by atomic mass is 35.5. The van der Waals surface area contributed by atoms with Crippen molar-refractivity contribution in [2.45, 2.75) is 18.8 Å². The van der Waals surface area contributed by atoms with Crippen molar-refractivity contribution < 1.29 is 0 Å². The predicted molar refractivity (Wildman–Crippen MR) is 83.3 cm³/mol. The van der Waals surface area contributed by atoms with Crippen LogP contribution in [0.25, 0.3) is 0 Å². The summed E-state index contributed by atoms with van der Waals surface area (Å²) in [5.74, 6) is 2.90. The van der Waals surface area contributed by atoms with Crippen LogP contribution in [0.15, 0.2) is 24.3 Å². The number of anilines is 3. The molecule has 1 heterocycles. The number of nitrogens with zero attached hydrogens (tertiary/aromatic N) is 2. The van der Waals surface area contributed by atoms with E-state index in [1.165, 1.54) is 0 Å². The SMILES string of the molecule is CNc1cc(Nc2ccc(Cl)cc2Cl)nc(C2CC2)n1. The molecule has 0 bridgehead atoms. The van der Waals surface area contributed by atoms with Crippen LogP contribution in [0.3, 0.4) is 0 Å². The molecular formula is C14H14Cl2N4. The van der Waals surface area contributed by atoms with Gasteiger partial charge in [0.05, 0.1) is 10.7 Å². The Bertz CT molecular complexity index is 641. The molecule has 1 aliphatic rings. The van der Waals surface area contributed by atoms with Crippen LogP contribution in [-0.4, -0.2) is 17.0 Å². The Balaban J connectivity index is 1.91. The molecule has 1 fully saturated rings. The third-order valence-corrected chi connectivity index (χ3v) is 3.68. The summed E-state index contributed by atoms with van der Waals surface area (Å²) in [5, 5.41) is 7.44. The van der Waals surface area contributed by atoms with E-state index >= 15 is 0 Å². The van der Waals surface area contributed by atoms with E-state index in [0.717, 1.165) is 36.0 Å². The summed E-state index contributed by atoms with van der Waals surface area (Å²) in [7, 11) is 1.85. The highest BCUT2D eigenvalue weighted by Gasteiger charge is 2.27. The monoisotopic (exact) mass is 308 g/mol. The third-order valence-electron chi connectivity index (χ3n) is 3.14. The summed E-state index contributed by atoms with van der Waals surface area (Å²) in [5.41, 5.74) is 0.776. The molecule has 0 atom stereocenters. The zero-order valence-electron chi connectivity index (χ0n) is 11.0. The van der Waals surface area contributed by atoms with E-state index < -0.39 is 0 Å². The molecule has 0 amide bonds. The first-order valence-corrected chi connectivity index (χ1v) is 7.20. The van der Waals surface area contributed by atoms with Crippen LogP contribution in [0.4, 0.5) is 17.3 Å². The molecule has 20 heavy (non-hydrogen) atoms. The van der Waals surface area contributed by atoms with E-state index in [-0.39, 0.29) is 0 Å². The molecule has 0 aliphatic heterocycles. The summed E-state index contributed by atoms with van der Waals surface area (Å²) in [4.78, 5) is 9.02. The lowest BCUT2D eigenvalue weighted by Crippen LogP contribution is -2.03. The fourth-order valence-electron chi connectivity index (χ4n) is 1.91. The van der Waals surface area contributed by atoms with E-state index in [0.29, 0.717) is 16.0 Å². The summed E-state index contributed by atoms with van der Waals surface area (Å²) in [6.07, 6.45) is 2.32. The minimum atomic E-state index is 0.490. The number of aromatic nitrogens is 2. The lowest BCUT2D eigenvalue weighted by atomic mass is 10.3. The van der Waals surface area contributed by atoms with Gasteiger partial charge in [-0.3, -0.25) is 0 Å². The molecule has 4 nitrogen and oxygen atoms in total. The molecule has 0 saturated heterocycles. The lowest BCUT2D eigenvalue weighted by molar-refractivity contribution is 0.932. The Morgan fingerprint density at radius 1 is 1.10 bits per heavy atom. The Morgan fingerprint density at radius 2 is 1.85 bits per heavy atom. The van der Waals surface area contributed by atoms with Crippen LogP contribution in [-0.2, 0) is 0 Å². The maximum atomic E-state index is 6.16. The Kier molecular flexibility index (Phi) is 3.68. The normalized spacial score (nSPS) is 14.2. The van der Waals surface area contributed by atoms with Gasteiger partial charge in [0.15, 0.2) is 0 Å². The summed E-state index contributed by atoms with van der Waals surface area (Å²) in [6, 6.07) is 7.19. The largest absolute Gasteiger partial charge is 0.373 e. The van der Waals surface area contributed by atoms with Crippen molar-refractivity contribution in [1.82, 2.24) is 9.97 Å². The molecule has 104 valence electrons. The topological polar surface area (TPSA) is 49.8 Å². The molecule has 2 N–H and O–H groups in total. The minimum absolute atomic E-state index is 0.490. The molecule has 0 unspecified atom stereocenters. The number of hydrogen-bond acceptors (Lipinski definition) is 4. The third kappa shape index (κ3) is 2.97. The molecule has 2 aromatic rings. The predicted octanol–water partition coefficient (Wildman–Crippen LogP) is 4.45. The van der Waals surface area contributed by atoms with Gasteiger partial charge in [0.2, 0.25) is 0 Å². The second kappa shape index (κ2) is 5.46. The number of rotatable bonds is 4. The number of halogens is 2. The summed E-state index contributed by atoms with van der Waals surface area (Å²) >= 11 is 12.1. The van der Waals surface area contributed by atoms with Crippen molar-refractivity contribution in [1.29, 1.82) is 0 Å². The van der Waals surface area contributed by atoms with Gasteiger partial charge in [0.1, 0.15) is 17.5 Å². The smallest absolute Gasteiger partial charge is 0.136 e. The minimum Gasteiger partial charge on any atom is -0.373 e. The molecule has 1 aromatic heterocycles. The second-order valence-corrected chi connectivity index (χ2v) is 5.61. The first-order chi connectivity index (χ1) is 9.65. The molecule has 3 rings (SSSR count). The molecule has 0 radical (unpaired) electrons. The Hall–Kier alpha value is -1.52. The molecule has 0 spiro atoms. The summed E-state index contributed by atoms with van der Waals surface area (Å²) < 4.78 is 0. The zero-order chi connectivity index (χ0) is 14.1. The van der Waals surface area contributed by atoms with Crippen LogP contribution in [0.1, 0.15) is 24.6 Å². The van der Waals surface area contributed by atoms with Crippen LogP contribution in [0, 0.1) is 0 Å². The van der Waals surface area contributed by atoms with E-state index in [4.69, 9.17) is 23.2 Å². The van der Waals surface area contributed by atoms with Crippen molar-refractivity contribution >= 4 is 40.5 Å². The van der Waals surface area contributed by atoms with Crippen LogP contribution < -0.4 is 10.6 Å². The van der Waals surface area contributed by atoms with Crippen molar-refractivity contribution in [2.75, 3.05) is 17.7 Å². The maximum Gasteiger partial charge on any atom is 0.136 e. The van der Waals surface area contributed by atoms with Gasteiger partial charge in [0.25, 0.3) is 0 Å². The first kappa shape index (κ1) is 13.5. The average Bonchev–Trinajstić information content (AvgIpc) is 3.26. The highest BCUT2D eigenvalue weighted by Crippen LogP contribution is 2.39.